The summed E-state index contributed by atoms with van der Waals surface area (Å²) >= 11 is 3.37. The molecule has 0 saturated carbocycles. The zero-order valence-corrected chi connectivity index (χ0v) is 10.8. The van der Waals surface area contributed by atoms with E-state index < -0.39 is 0 Å². The summed E-state index contributed by atoms with van der Waals surface area (Å²) in [6.45, 7) is 11.7. The van der Waals surface area contributed by atoms with Crippen molar-refractivity contribution in [1.82, 2.24) is 10.2 Å². The van der Waals surface area contributed by atoms with Crippen LogP contribution in [0.25, 0.3) is 0 Å². The summed E-state index contributed by atoms with van der Waals surface area (Å²) in [6.07, 6.45) is 2.52. The van der Waals surface area contributed by atoms with E-state index in [-0.39, 0.29) is 0 Å². The van der Waals surface area contributed by atoms with Crippen molar-refractivity contribution in [2.24, 2.45) is 0 Å². The topological polar surface area (TPSA) is 15.3 Å². The van der Waals surface area contributed by atoms with Crippen molar-refractivity contribution in [3.05, 3.63) is 11.1 Å². The van der Waals surface area contributed by atoms with E-state index in [1.807, 2.05) is 0 Å². The van der Waals surface area contributed by atoms with Gasteiger partial charge in [0, 0.05) is 23.1 Å². The molecule has 0 spiro atoms. The number of piperidine rings is 1. The molecule has 1 aliphatic rings. The molecule has 0 bridgehead atoms. The number of rotatable bonds is 4. The van der Waals surface area contributed by atoms with Gasteiger partial charge in [-0.3, -0.25) is 0 Å². The molecule has 0 aromatic heterocycles. The van der Waals surface area contributed by atoms with Crippen LogP contribution < -0.4 is 5.32 Å². The lowest BCUT2D eigenvalue weighted by atomic mass is 10.0. The Labute approximate surface area is 95.9 Å². The van der Waals surface area contributed by atoms with Crippen LogP contribution in [0.15, 0.2) is 11.1 Å². The Balaban J connectivity index is 2.19. The molecule has 14 heavy (non-hydrogen) atoms. The van der Waals surface area contributed by atoms with Crippen LogP contribution in [0, 0.1) is 0 Å². The Morgan fingerprint density at radius 2 is 2.07 bits per heavy atom. The largest absolute Gasteiger partial charge is 0.309 e. The minimum absolute atomic E-state index is 0.680. The van der Waals surface area contributed by atoms with Gasteiger partial charge in [-0.25, -0.2) is 0 Å². The van der Waals surface area contributed by atoms with Gasteiger partial charge < -0.3 is 10.2 Å². The van der Waals surface area contributed by atoms with E-state index in [1.165, 1.54) is 25.9 Å². The molecule has 0 aromatic carbocycles. The summed E-state index contributed by atoms with van der Waals surface area (Å²) in [5.41, 5.74) is 0. The van der Waals surface area contributed by atoms with Gasteiger partial charge in [-0.15, -0.1) is 0 Å². The molecule has 1 N–H and O–H groups in total. The standard InChI is InChI=1S/C11H21BrN2/c1-9(2)14-6-4-11(5-7-14)13-8-10(3)12/h9,11,13H,3-8H2,1-2H3. The number of nitrogens with one attached hydrogen (secondary N) is 1. The number of nitrogens with zero attached hydrogens (tertiary/aromatic N) is 1. The van der Waals surface area contributed by atoms with E-state index in [0.717, 1.165) is 11.0 Å². The zero-order valence-electron chi connectivity index (χ0n) is 9.22. The third kappa shape index (κ3) is 4.11. The predicted octanol–water partition coefficient (Wildman–Crippen LogP) is 2.36. The van der Waals surface area contributed by atoms with Crippen molar-refractivity contribution in [2.75, 3.05) is 19.6 Å². The van der Waals surface area contributed by atoms with Crippen molar-refractivity contribution in [2.45, 2.75) is 38.8 Å². The monoisotopic (exact) mass is 260 g/mol. The fraction of sp³-hybridized carbons (Fsp3) is 0.818. The van der Waals surface area contributed by atoms with Gasteiger partial charge in [0.05, 0.1) is 0 Å². The maximum absolute atomic E-state index is 3.83. The molecular formula is C11H21BrN2. The first-order chi connectivity index (χ1) is 6.59. The molecule has 0 unspecified atom stereocenters. The highest BCUT2D eigenvalue weighted by Crippen LogP contribution is 2.13. The first kappa shape index (κ1) is 12.2. The second-order valence-electron chi connectivity index (χ2n) is 4.30. The Morgan fingerprint density at radius 3 is 2.50 bits per heavy atom. The smallest absolute Gasteiger partial charge is 0.0268 e. The number of halogens is 1. The van der Waals surface area contributed by atoms with Crippen LogP contribution in [0.5, 0.6) is 0 Å². The van der Waals surface area contributed by atoms with Crippen LogP contribution >= 0.6 is 15.9 Å². The van der Waals surface area contributed by atoms with E-state index in [1.54, 1.807) is 0 Å². The molecule has 0 aliphatic carbocycles. The summed E-state index contributed by atoms with van der Waals surface area (Å²) < 4.78 is 1.05. The molecule has 0 atom stereocenters. The van der Waals surface area contributed by atoms with Gasteiger partial charge in [-0.1, -0.05) is 22.5 Å². The Morgan fingerprint density at radius 1 is 1.50 bits per heavy atom. The predicted molar refractivity (Wildman–Crippen MR) is 65.8 cm³/mol. The molecule has 0 radical (unpaired) electrons. The lowest BCUT2D eigenvalue weighted by Crippen LogP contribution is -2.45. The van der Waals surface area contributed by atoms with Crippen LogP contribution in [0.1, 0.15) is 26.7 Å². The van der Waals surface area contributed by atoms with Crippen LogP contribution in [0.3, 0.4) is 0 Å². The molecule has 0 aromatic rings. The third-order valence-corrected chi connectivity index (χ3v) is 3.12. The summed E-state index contributed by atoms with van der Waals surface area (Å²) in [6, 6.07) is 1.38. The van der Waals surface area contributed by atoms with Gasteiger partial charge in [-0.05, 0) is 39.8 Å². The van der Waals surface area contributed by atoms with Crippen molar-refractivity contribution < 1.29 is 0 Å². The minimum Gasteiger partial charge on any atom is -0.309 e. The fourth-order valence-corrected chi connectivity index (χ4v) is 2.04. The molecule has 1 heterocycles. The average molecular weight is 261 g/mol. The number of hydrogen-bond acceptors (Lipinski definition) is 2. The lowest BCUT2D eigenvalue weighted by Gasteiger charge is -2.34. The van der Waals surface area contributed by atoms with Gasteiger partial charge in [0.1, 0.15) is 0 Å². The normalized spacial score (nSPS) is 20.3. The Hall–Kier alpha value is 0.140. The Bertz CT molecular complexity index is 184. The highest BCUT2D eigenvalue weighted by Gasteiger charge is 2.19. The van der Waals surface area contributed by atoms with Crippen molar-refractivity contribution in [1.29, 1.82) is 0 Å². The third-order valence-electron chi connectivity index (χ3n) is 2.84. The lowest BCUT2D eigenvalue weighted by molar-refractivity contribution is 0.163. The van der Waals surface area contributed by atoms with Crippen molar-refractivity contribution in [3.8, 4) is 0 Å². The van der Waals surface area contributed by atoms with Gasteiger partial charge >= 0.3 is 0 Å². The van der Waals surface area contributed by atoms with Crippen LogP contribution in [0.4, 0.5) is 0 Å². The van der Waals surface area contributed by atoms with E-state index in [2.05, 4.69) is 46.6 Å². The minimum atomic E-state index is 0.680. The second kappa shape index (κ2) is 5.89. The first-order valence-electron chi connectivity index (χ1n) is 5.40. The maximum Gasteiger partial charge on any atom is 0.0268 e. The van der Waals surface area contributed by atoms with Crippen molar-refractivity contribution >= 4 is 15.9 Å². The molecule has 1 rings (SSSR count). The van der Waals surface area contributed by atoms with Gasteiger partial charge in [-0.2, -0.15) is 0 Å². The van der Waals surface area contributed by atoms with Gasteiger partial charge in [0.25, 0.3) is 0 Å². The molecule has 0 amide bonds. The van der Waals surface area contributed by atoms with E-state index in [9.17, 15) is 0 Å². The average Bonchev–Trinajstić information content (AvgIpc) is 2.15. The van der Waals surface area contributed by atoms with Crippen LogP contribution in [0.2, 0.25) is 0 Å². The van der Waals surface area contributed by atoms with E-state index in [4.69, 9.17) is 0 Å². The van der Waals surface area contributed by atoms with E-state index >= 15 is 0 Å². The van der Waals surface area contributed by atoms with Gasteiger partial charge in [0.15, 0.2) is 0 Å². The quantitative estimate of drug-likeness (QED) is 0.835. The summed E-state index contributed by atoms with van der Waals surface area (Å²) in [4.78, 5) is 2.54. The van der Waals surface area contributed by atoms with E-state index in [0.29, 0.717) is 12.1 Å². The molecule has 1 aliphatic heterocycles. The summed E-state index contributed by atoms with van der Waals surface area (Å²) in [5, 5.41) is 3.51. The van der Waals surface area contributed by atoms with Crippen LogP contribution in [-0.4, -0.2) is 36.6 Å². The number of likely N-dealkylation sites (tertiary alicyclic amines) is 1. The molecule has 1 fully saturated rings. The molecule has 1 saturated heterocycles. The molecular weight excluding hydrogens is 240 g/mol. The molecule has 82 valence electrons. The molecule has 2 nitrogen and oxygen atoms in total. The summed E-state index contributed by atoms with van der Waals surface area (Å²) in [7, 11) is 0. The summed E-state index contributed by atoms with van der Waals surface area (Å²) in [5.74, 6) is 0. The number of hydrogen-bond donors (Lipinski definition) is 1. The second-order valence-corrected chi connectivity index (χ2v) is 5.42. The molecule has 3 heteroatoms. The highest BCUT2D eigenvalue weighted by atomic mass is 79.9. The SMILES string of the molecule is C=C(Br)CNC1CCN(C(C)C)CC1. The zero-order chi connectivity index (χ0) is 10.6. The highest BCUT2D eigenvalue weighted by molar-refractivity contribution is 9.11. The first-order valence-corrected chi connectivity index (χ1v) is 6.19. The fourth-order valence-electron chi connectivity index (χ4n) is 1.88. The Kier molecular flexibility index (Phi) is 5.13. The van der Waals surface area contributed by atoms with Crippen molar-refractivity contribution in [3.63, 3.8) is 0 Å². The van der Waals surface area contributed by atoms with Crippen LogP contribution in [-0.2, 0) is 0 Å². The van der Waals surface area contributed by atoms with Gasteiger partial charge in [0.2, 0.25) is 0 Å². The maximum atomic E-state index is 3.83.